The number of hydrogen-bond donors (Lipinski definition) is 0. The number of benzene rings is 2. The number of hydrogen-bond acceptors (Lipinski definition) is 5. The molecule has 0 aliphatic heterocycles. The highest BCUT2D eigenvalue weighted by molar-refractivity contribution is 5.90. The van der Waals surface area contributed by atoms with E-state index in [1.165, 1.54) is 11.0 Å². The Bertz CT molecular complexity index is 832. The van der Waals surface area contributed by atoms with Crippen molar-refractivity contribution in [3.05, 3.63) is 65.7 Å². The maximum Gasteiger partial charge on any atom is 0.331 e. The first-order valence-electron chi connectivity index (χ1n) is 8.84. The van der Waals surface area contributed by atoms with Gasteiger partial charge in [0.2, 0.25) is 0 Å². The number of carbonyl (C=O) groups excluding carboxylic acids is 2. The molecule has 1 atom stereocenters. The molecule has 0 aromatic heterocycles. The van der Waals surface area contributed by atoms with Crippen LogP contribution in [0.5, 0.6) is 11.5 Å². The van der Waals surface area contributed by atoms with Gasteiger partial charge in [0.1, 0.15) is 11.5 Å². The van der Waals surface area contributed by atoms with E-state index in [1.54, 1.807) is 52.5 Å². The van der Waals surface area contributed by atoms with E-state index in [0.717, 1.165) is 5.56 Å². The maximum absolute atomic E-state index is 12.4. The quantitative estimate of drug-likeness (QED) is 0.517. The average molecular weight is 383 g/mol. The van der Waals surface area contributed by atoms with Gasteiger partial charge in [0.05, 0.1) is 14.2 Å². The van der Waals surface area contributed by atoms with E-state index in [2.05, 4.69) is 0 Å². The van der Waals surface area contributed by atoms with Crippen molar-refractivity contribution in [3.8, 4) is 11.5 Å². The zero-order valence-electron chi connectivity index (χ0n) is 16.5. The summed E-state index contributed by atoms with van der Waals surface area (Å²) in [6, 6.07) is 14.9. The van der Waals surface area contributed by atoms with Crippen molar-refractivity contribution in [2.45, 2.75) is 19.6 Å². The predicted molar refractivity (Wildman–Crippen MR) is 107 cm³/mol. The van der Waals surface area contributed by atoms with E-state index in [-0.39, 0.29) is 5.91 Å². The summed E-state index contributed by atoms with van der Waals surface area (Å²) in [5.74, 6) is 0.347. The molecule has 148 valence electrons. The fourth-order valence-electron chi connectivity index (χ4n) is 2.64. The van der Waals surface area contributed by atoms with Crippen LogP contribution in [0, 0.1) is 0 Å². The van der Waals surface area contributed by atoms with Gasteiger partial charge >= 0.3 is 5.97 Å². The summed E-state index contributed by atoms with van der Waals surface area (Å²) in [5.41, 5.74) is 1.67. The number of amides is 1. The molecule has 0 N–H and O–H groups in total. The Labute approximate surface area is 165 Å². The standard InChI is InChI=1S/C22H25NO5/c1-16(22(25)23(2)15-17-8-6-5-7-9-17)28-21(24)13-10-18-14-19(26-3)11-12-20(18)27-4/h5-14,16H,15H2,1-4H3/b13-10+/t16-/m0/s1. The SMILES string of the molecule is COc1ccc(OC)c(/C=C/C(=O)O[C@@H](C)C(=O)N(C)Cc2ccccc2)c1. The average Bonchev–Trinajstić information content (AvgIpc) is 2.71. The molecule has 6 nitrogen and oxygen atoms in total. The van der Waals surface area contributed by atoms with Crippen LogP contribution in [-0.2, 0) is 20.9 Å². The van der Waals surface area contributed by atoms with Crippen LogP contribution in [-0.4, -0.2) is 44.1 Å². The van der Waals surface area contributed by atoms with Crippen LogP contribution in [0.4, 0.5) is 0 Å². The van der Waals surface area contributed by atoms with Crippen molar-refractivity contribution < 1.29 is 23.8 Å². The Morgan fingerprint density at radius 1 is 1.07 bits per heavy atom. The van der Waals surface area contributed by atoms with Crippen LogP contribution in [0.25, 0.3) is 6.08 Å². The molecule has 2 aromatic rings. The number of likely N-dealkylation sites (N-methyl/N-ethyl adjacent to an activating group) is 1. The molecule has 28 heavy (non-hydrogen) atoms. The second-order valence-electron chi connectivity index (χ2n) is 6.20. The summed E-state index contributed by atoms with van der Waals surface area (Å²) in [6.45, 7) is 2.00. The van der Waals surface area contributed by atoms with E-state index in [9.17, 15) is 9.59 Å². The molecule has 0 unspecified atom stereocenters. The first-order chi connectivity index (χ1) is 13.4. The fourth-order valence-corrected chi connectivity index (χ4v) is 2.64. The molecule has 2 aromatic carbocycles. The Morgan fingerprint density at radius 3 is 2.43 bits per heavy atom. The third-order valence-electron chi connectivity index (χ3n) is 4.12. The second kappa shape index (κ2) is 10.2. The van der Waals surface area contributed by atoms with Gasteiger partial charge in [0.15, 0.2) is 6.10 Å². The Kier molecular flexibility index (Phi) is 7.63. The van der Waals surface area contributed by atoms with Gasteiger partial charge in [-0.3, -0.25) is 4.79 Å². The van der Waals surface area contributed by atoms with Gasteiger partial charge < -0.3 is 19.1 Å². The molecular weight excluding hydrogens is 358 g/mol. The number of rotatable bonds is 8. The number of esters is 1. The predicted octanol–water partition coefficient (Wildman–Crippen LogP) is 3.31. The van der Waals surface area contributed by atoms with E-state index in [0.29, 0.717) is 23.6 Å². The molecule has 0 aliphatic rings. The van der Waals surface area contributed by atoms with Crippen LogP contribution >= 0.6 is 0 Å². The lowest BCUT2D eigenvalue weighted by molar-refractivity contribution is -0.154. The van der Waals surface area contributed by atoms with Crippen LogP contribution < -0.4 is 9.47 Å². The monoisotopic (exact) mass is 383 g/mol. The highest BCUT2D eigenvalue weighted by Crippen LogP contribution is 2.25. The topological polar surface area (TPSA) is 65.1 Å². The molecule has 2 rings (SSSR count). The molecule has 0 aliphatic carbocycles. The van der Waals surface area contributed by atoms with Crippen LogP contribution in [0.2, 0.25) is 0 Å². The number of methoxy groups -OCH3 is 2. The minimum absolute atomic E-state index is 0.274. The zero-order valence-corrected chi connectivity index (χ0v) is 16.5. The largest absolute Gasteiger partial charge is 0.497 e. The third kappa shape index (κ3) is 5.87. The highest BCUT2D eigenvalue weighted by atomic mass is 16.5. The lowest BCUT2D eigenvalue weighted by Gasteiger charge is -2.21. The Hall–Kier alpha value is -3.28. The summed E-state index contributed by atoms with van der Waals surface area (Å²) in [5, 5.41) is 0. The number of nitrogens with zero attached hydrogens (tertiary/aromatic N) is 1. The van der Waals surface area contributed by atoms with Gasteiger partial charge in [-0.2, -0.15) is 0 Å². The van der Waals surface area contributed by atoms with Gasteiger partial charge in [-0.1, -0.05) is 30.3 Å². The Morgan fingerprint density at radius 2 is 1.79 bits per heavy atom. The number of ether oxygens (including phenoxy) is 3. The highest BCUT2D eigenvalue weighted by Gasteiger charge is 2.20. The normalized spacial score (nSPS) is 11.7. The van der Waals surface area contributed by atoms with Gasteiger partial charge in [-0.25, -0.2) is 4.79 Å². The van der Waals surface area contributed by atoms with Crippen molar-refractivity contribution in [2.24, 2.45) is 0 Å². The van der Waals surface area contributed by atoms with Crippen molar-refractivity contribution in [1.29, 1.82) is 0 Å². The minimum Gasteiger partial charge on any atom is -0.497 e. The van der Waals surface area contributed by atoms with Gasteiger partial charge in [-0.05, 0) is 36.8 Å². The molecule has 0 saturated carbocycles. The van der Waals surface area contributed by atoms with Gasteiger partial charge in [0.25, 0.3) is 5.91 Å². The van der Waals surface area contributed by atoms with E-state index in [1.807, 2.05) is 30.3 Å². The van der Waals surface area contributed by atoms with Crippen LogP contribution in [0.3, 0.4) is 0 Å². The molecular formula is C22H25NO5. The van der Waals surface area contributed by atoms with E-state index < -0.39 is 12.1 Å². The molecule has 0 spiro atoms. The molecule has 1 amide bonds. The summed E-state index contributed by atoms with van der Waals surface area (Å²) in [4.78, 5) is 26.1. The summed E-state index contributed by atoms with van der Waals surface area (Å²) < 4.78 is 15.7. The fraction of sp³-hybridized carbons (Fsp3) is 0.273. The molecule has 0 radical (unpaired) electrons. The first kappa shape index (κ1) is 21.0. The molecule has 0 saturated heterocycles. The van der Waals surface area contributed by atoms with E-state index >= 15 is 0 Å². The van der Waals surface area contributed by atoms with Gasteiger partial charge in [-0.15, -0.1) is 0 Å². The third-order valence-corrected chi connectivity index (χ3v) is 4.12. The van der Waals surface area contributed by atoms with Crippen molar-refractivity contribution in [3.63, 3.8) is 0 Å². The van der Waals surface area contributed by atoms with Crippen molar-refractivity contribution in [2.75, 3.05) is 21.3 Å². The van der Waals surface area contributed by atoms with Crippen LogP contribution in [0.15, 0.2) is 54.6 Å². The summed E-state index contributed by atoms with van der Waals surface area (Å²) >= 11 is 0. The lowest BCUT2D eigenvalue weighted by atomic mass is 10.1. The maximum atomic E-state index is 12.4. The smallest absolute Gasteiger partial charge is 0.331 e. The van der Waals surface area contributed by atoms with Crippen molar-refractivity contribution in [1.82, 2.24) is 4.90 Å². The van der Waals surface area contributed by atoms with Crippen molar-refractivity contribution >= 4 is 18.0 Å². The summed E-state index contributed by atoms with van der Waals surface area (Å²) in [6.07, 6.45) is 1.94. The second-order valence-corrected chi connectivity index (χ2v) is 6.20. The molecule has 0 fully saturated rings. The first-order valence-corrected chi connectivity index (χ1v) is 8.84. The molecule has 0 bridgehead atoms. The summed E-state index contributed by atoms with van der Waals surface area (Å²) in [7, 11) is 4.78. The van der Waals surface area contributed by atoms with Gasteiger partial charge in [0, 0.05) is 25.2 Å². The minimum atomic E-state index is -0.891. The van der Waals surface area contributed by atoms with Crippen LogP contribution in [0.1, 0.15) is 18.1 Å². The molecule has 0 heterocycles. The molecule has 6 heteroatoms. The zero-order chi connectivity index (χ0) is 20.5. The number of carbonyl (C=O) groups is 2. The Balaban J connectivity index is 1.96. The lowest BCUT2D eigenvalue weighted by Crippen LogP contribution is -2.36. The van der Waals surface area contributed by atoms with E-state index in [4.69, 9.17) is 14.2 Å².